The fraction of sp³-hybridized carbons (Fsp3) is 0.318. The molecule has 6 nitrogen and oxygen atoms in total. The van der Waals surface area contributed by atoms with E-state index >= 15 is 0 Å². The predicted molar refractivity (Wildman–Crippen MR) is 125 cm³/mol. The Balaban J connectivity index is 2.00. The number of amides is 3. The zero-order valence-corrected chi connectivity index (χ0v) is 19.7. The lowest BCUT2D eigenvalue weighted by Crippen LogP contribution is -2.49. The highest BCUT2D eigenvalue weighted by Gasteiger charge is 2.24. The Morgan fingerprint density at radius 1 is 0.968 bits per heavy atom. The third kappa shape index (κ3) is 7.73. The number of rotatable bonds is 8. The van der Waals surface area contributed by atoms with Crippen LogP contribution in [0.2, 0.25) is 15.1 Å². The molecule has 2 aromatic carbocycles. The number of carbonyl (C=O) groups is 3. The molecule has 2 aromatic rings. The van der Waals surface area contributed by atoms with Gasteiger partial charge in [-0.3, -0.25) is 14.4 Å². The summed E-state index contributed by atoms with van der Waals surface area (Å²) in [5.74, 6) is -1.29. The Kier molecular flexibility index (Phi) is 9.16. The van der Waals surface area contributed by atoms with E-state index in [9.17, 15) is 14.4 Å². The zero-order chi connectivity index (χ0) is 23.1. The van der Waals surface area contributed by atoms with Crippen LogP contribution in [0.25, 0.3) is 0 Å². The van der Waals surface area contributed by atoms with Crippen LogP contribution in [0, 0.1) is 12.8 Å². The van der Waals surface area contributed by atoms with Crippen molar-refractivity contribution in [2.45, 2.75) is 33.2 Å². The van der Waals surface area contributed by atoms with Gasteiger partial charge in [0, 0.05) is 5.02 Å². The maximum Gasteiger partial charge on any atom is 0.253 e. The molecule has 0 aromatic heterocycles. The molecule has 0 saturated heterocycles. The summed E-state index contributed by atoms with van der Waals surface area (Å²) < 4.78 is 0. The fourth-order valence-corrected chi connectivity index (χ4v) is 3.60. The summed E-state index contributed by atoms with van der Waals surface area (Å²) in [5.41, 5.74) is 1.62. The molecular weight excluding hydrogens is 461 g/mol. The molecule has 0 spiro atoms. The summed E-state index contributed by atoms with van der Waals surface area (Å²) in [7, 11) is 0. The van der Waals surface area contributed by atoms with Crippen molar-refractivity contribution in [3.63, 3.8) is 0 Å². The molecule has 3 N–H and O–H groups in total. The van der Waals surface area contributed by atoms with E-state index in [0.717, 1.165) is 5.56 Å². The molecule has 3 amide bonds. The van der Waals surface area contributed by atoms with Crippen molar-refractivity contribution >= 4 is 58.2 Å². The van der Waals surface area contributed by atoms with Crippen molar-refractivity contribution in [2.75, 3.05) is 11.9 Å². The molecule has 0 radical (unpaired) electrons. The Morgan fingerprint density at radius 2 is 1.68 bits per heavy atom. The molecule has 0 fully saturated rings. The van der Waals surface area contributed by atoms with Gasteiger partial charge in [-0.2, -0.15) is 0 Å². The first-order valence-electron chi connectivity index (χ1n) is 9.66. The topological polar surface area (TPSA) is 87.3 Å². The Labute approximate surface area is 196 Å². The van der Waals surface area contributed by atoms with Crippen LogP contribution in [-0.2, 0) is 9.59 Å². The lowest BCUT2D eigenvalue weighted by molar-refractivity contribution is -0.125. The molecule has 1 unspecified atom stereocenters. The second-order valence-corrected chi connectivity index (χ2v) is 8.78. The van der Waals surface area contributed by atoms with E-state index in [0.29, 0.717) is 22.2 Å². The minimum Gasteiger partial charge on any atom is -0.345 e. The van der Waals surface area contributed by atoms with Gasteiger partial charge in [0.25, 0.3) is 5.91 Å². The van der Waals surface area contributed by atoms with Gasteiger partial charge in [-0.15, -0.1) is 0 Å². The number of anilines is 1. The lowest BCUT2D eigenvalue weighted by Gasteiger charge is -2.20. The van der Waals surface area contributed by atoms with Gasteiger partial charge < -0.3 is 16.0 Å². The number of aryl methyl sites for hydroxylation is 1. The minimum atomic E-state index is -0.838. The third-order valence-electron chi connectivity index (χ3n) is 4.33. The number of halogens is 3. The summed E-state index contributed by atoms with van der Waals surface area (Å²) in [5, 5.41) is 8.88. The van der Waals surface area contributed by atoms with Crippen molar-refractivity contribution in [3.8, 4) is 0 Å². The van der Waals surface area contributed by atoms with E-state index in [1.54, 1.807) is 18.2 Å². The van der Waals surface area contributed by atoms with Crippen LogP contribution >= 0.6 is 34.8 Å². The van der Waals surface area contributed by atoms with Gasteiger partial charge in [0.05, 0.1) is 27.8 Å². The van der Waals surface area contributed by atoms with Crippen LogP contribution in [-0.4, -0.2) is 30.3 Å². The molecule has 9 heteroatoms. The molecule has 2 rings (SSSR count). The van der Waals surface area contributed by atoms with Crippen molar-refractivity contribution in [2.24, 2.45) is 5.92 Å². The second-order valence-electron chi connectivity index (χ2n) is 7.53. The lowest BCUT2D eigenvalue weighted by atomic mass is 10.0. The van der Waals surface area contributed by atoms with E-state index in [1.165, 1.54) is 12.1 Å². The van der Waals surface area contributed by atoms with Gasteiger partial charge in [-0.1, -0.05) is 54.7 Å². The molecular formula is C22H24Cl3N3O3. The zero-order valence-electron chi connectivity index (χ0n) is 17.4. The maximum absolute atomic E-state index is 12.7. The molecule has 0 heterocycles. The first-order chi connectivity index (χ1) is 14.6. The number of carbonyl (C=O) groups excluding carboxylic acids is 3. The van der Waals surface area contributed by atoms with Gasteiger partial charge >= 0.3 is 0 Å². The minimum absolute atomic E-state index is 0.122. The van der Waals surface area contributed by atoms with Gasteiger partial charge in [0.1, 0.15) is 6.04 Å². The van der Waals surface area contributed by atoms with Crippen molar-refractivity contribution in [1.29, 1.82) is 0 Å². The number of hydrogen-bond donors (Lipinski definition) is 3. The average Bonchev–Trinajstić information content (AvgIpc) is 2.67. The van der Waals surface area contributed by atoms with Gasteiger partial charge in [-0.25, -0.2) is 0 Å². The van der Waals surface area contributed by atoms with E-state index in [-0.39, 0.29) is 23.0 Å². The van der Waals surface area contributed by atoms with E-state index in [1.807, 2.05) is 26.8 Å². The standard InChI is InChI=1S/C22H24Cl3N3O3/c1-12(2)8-19(28-21(30)15-6-5-14(23)10-16(15)24)22(31)26-11-20(29)27-18-7-4-13(3)9-17(18)25/h4-7,9-10,12,19H,8,11H2,1-3H3,(H,26,31)(H,27,29)(H,28,30). The highest BCUT2D eigenvalue weighted by Crippen LogP contribution is 2.23. The third-order valence-corrected chi connectivity index (χ3v) is 5.19. The largest absolute Gasteiger partial charge is 0.345 e. The van der Waals surface area contributed by atoms with E-state index in [4.69, 9.17) is 34.8 Å². The van der Waals surface area contributed by atoms with Crippen LogP contribution in [0.15, 0.2) is 36.4 Å². The van der Waals surface area contributed by atoms with Crippen LogP contribution in [0.1, 0.15) is 36.2 Å². The first-order valence-corrected chi connectivity index (χ1v) is 10.8. The van der Waals surface area contributed by atoms with Crippen molar-refractivity contribution in [1.82, 2.24) is 10.6 Å². The smallest absolute Gasteiger partial charge is 0.253 e. The molecule has 0 aliphatic heterocycles. The SMILES string of the molecule is Cc1ccc(NC(=O)CNC(=O)C(CC(C)C)NC(=O)c2ccc(Cl)cc2Cl)c(Cl)c1. The van der Waals surface area contributed by atoms with Crippen LogP contribution in [0.5, 0.6) is 0 Å². The van der Waals surface area contributed by atoms with Crippen LogP contribution < -0.4 is 16.0 Å². The monoisotopic (exact) mass is 483 g/mol. The van der Waals surface area contributed by atoms with Crippen LogP contribution in [0.4, 0.5) is 5.69 Å². The normalized spacial score (nSPS) is 11.7. The quantitative estimate of drug-likeness (QED) is 0.500. The molecule has 31 heavy (non-hydrogen) atoms. The summed E-state index contributed by atoms with van der Waals surface area (Å²) in [6.45, 7) is 5.47. The van der Waals surface area contributed by atoms with Gasteiger partial charge in [0.15, 0.2) is 0 Å². The average molecular weight is 485 g/mol. The van der Waals surface area contributed by atoms with E-state index in [2.05, 4.69) is 16.0 Å². The molecule has 0 bridgehead atoms. The summed E-state index contributed by atoms with van der Waals surface area (Å²) in [4.78, 5) is 37.5. The Hall–Kier alpha value is -2.28. The maximum atomic E-state index is 12.7. The summed E-state index contributed by atoms with van der Waals surface area (Å²) >= 11 is 18.1. The fourth-order valence-electron chi connectivity index (χ4n) is 2.82. The molecule has 0 aliphatic carbocycles. The predicted octanol–water partition coefficient (Wildman–Crippen LogP) is 4.85. The number of nitrogens with one attached hydrogen (secondary N) is 3. The Morgan fingerprint density at radius 3 is 2.29 bits per heavy atom. The molecule has 166 valence electrons. The van der Waals surface area contributed by atoms with Gasteiger partial charge in [-0.05, 0) is 55.2 Å². The van der Waals surface area contributed by atoms with Crippen molar-refractivity contribution < 1.29 is 14.4 Å². The Bertz CT molecular complexity index is 980. The molecule has 0 aliphatic rings. The second kappa shape index (κ2) is 11.4. The summed E-state index contributed by atoms with van der Waals surface area (Å²) in [6, 6.07) is 8.88. The highest BCUT2D eigenvalue weighted by molar-refractivity contribution is 6.36. The van der Waals surface area contributed by atoms with Gasteiger partial charge in [0.2, 0.25) is 11.8 Å². The number of hydrogen-bond acceptors (Lipinski definition) is 3. The number of benzene rings is 2. The molecule has 1 atom stereocenters. The first kappa shape index (κ1) is 25.0. The molecule has 0 saturated carbocycles. The highest BCUT2D eigenvalue weighted by atomic mass is 35.5. The van der Waals surface area contributed by atoms with E-state index < -0.39 is 23.8 Å². The summed E-state index contributed by atoms with van der Waals surface area (Å²) in [6.07, 6.45) is 0.383. The van der Waals surface area contributed by atoms with Crippen molar-refractivity contribution in [3.05, 3.63) is 62.6 Å². The van der Waals surface area contributed by atoms with Crippen LogP contribution in [0.3, 0.4) is 0 Å².